The Morgan fingerprint density at radius 3 is 2.67 bits per heavy atom. The Morgan fingerprint density at radius 2 is 1.80 bits per heavy atom. The molecule has 1 saturated heterocycles. The van der Waals surface area contributed by atoms with E-state index in [9.17, 15) is 8.42 Å². The number of rotatable bonds is 5. The summed E-state index contributed by atoms with van der Waals surface area (Å²) in [6, 6.07) is 19.4. The van der Waals surface area contributed by atoms with Crippen molar-refractivity contribution in [1.29, 1.82) is 0 Å². The van der Waals surface area contributed by atoms with Crippen molar-refractivity contribution in [2.24, 2.45) is 0 Å². The van der Waals surface area contributed by atoms with Crippen molar-refractivity contribution in [3.63, 3.8) is 0 Å². The summed E-state index contributed by atoms with van der Waals surface area (Å²) in [5, 5.41) is 2.94. The molecule has 0 N–H and O–H groups in total. The van der Waals surface area contributed by atoms with Gasteiger partial charge in [0.2, 0.25) is 10.0 Å². The number of oxazole rings is 1. The van der Waals surface area contributed by atoms with Gasteiger partial charge in [-0.1, -0.05) is 54.2 Å². The van der Waals surface area contributed by atoms with Crippen molar-refractivity contribution in [2.45, 2.75) is 15.9 Å². The molecule has 1 fully saturated rings. The highest BCUT2D eigenvalue weighted by Gasteiger charge is 2.27. The largest absolute Gasteiger partial charge is 0.431 e. The summed E-state index contributed by atoms with van der Waals surface area (Å²) >= 11 is 1.50. The van der Waals surface area contributed by atoms with Gasteiger partial charge in [-0.3, -0.25) is 0 Å². The Bertz CT molecular complexity index is 1310. The van der Waals surface area contributed by atoms with E-state index in [-0.39, 0.29) is 4.90 Å². The van der Waals surface area contributed by atoms with Gasteiger partial charge in [0.25, 0.3) is 5.22 Å². The lowest BCUT2D eigenvalue weighted by atomic mass is 10.1. The number of benzene rings is 3. The Labute approximate surface area is 178 Å². The van der Waals surface area contributed by atoms with Crippen molar-refractivity contribution in [3.8, 4) is 0 Å². The number of ether oxygens (including phenoxy) is 1. The lowest BCUT2D eigenvalue weighted by molar-refractivity contribution is 0.0730. The quantitative estimate of drug-likeness (QED) is 0.431. The maximum absolute atomic E-state index is 12.9. The van der Waals surface area contributed by atoms with Crippen LogP contribution in [0.15, 0.2) is 75.2 Å². The number of nitrogens with zero attached hydrogens (tertiary/aromatic N) is 2. The summed E-state index contributed by atoms with van der Waals surface area (Å²) in [6.07, 6.45) is 0. The highest BCUT2D eigenvalue weighted by atomic mass is 32.2. The second-order valence-electron chi connectivity index (χ2n) is 7.05. The monoisotopic (exact) mass is 440 g/mol. The van der Waals surface area contributed by atoms with Gasteiger partial charge in [-0.15, -0.1) is 0 Å². The van der Waals surface area contributed by atoms with Gasteiger partial charge >= 0.3 is 0 Å². The summed E-state index contributed by atoms with van der Waals surface area (Å²) < 4.78 is 38.3. The van der Waals surface area contributed by atoms with E-state index in [0.717, 1.165) is 0 Å². The number of hydrogen-bond acceptors (Lipinski definition) is 6. The molecular formula is C22H20N2O4S2. The molecule has 30 heavy (non-hydrogen) atoms. The van der Waals surface area contributed by atoms with E-state index in [1.807, 2.05) is 18.2 Å². The molecule has 2 heterocycles. The van der Waals surface area contributed by atoms with E-state index in [2.05, 4.69) is 29.2 Å². The second kappa shape index (κ2) is 8.03. The van der Waals surface area contributed by atoms with E-state index in [0.29, 0.717) is 48.4 Å². The summed E-state index contributed by atoms with van der Waals surface area (Å²) in [7, 11) is -3.56. The number of fused-ring (bicyclic) bond motifs is 2. The predicted octanol–water partition coefficient (Wildman–Crippen LogP) is 4.29. The zero-order valence-electron chi connectivity index (χ0n) is 16.2. The molecule has 1 aliphatic rings. The Kier molecular flexibility index (Phi) is 5.24. The van der Waals surface area contributed by atoms with Crippen LogP contribution in [0.5, 0.6) is 0 Å². The SMILES string of the molecule is O=S(=O)(c1ccc2oc(SCc3cccc4ccccc34)nc2c1)N1CCOCC1. The maximum Gasteiger partial charge on any atom is 0.257 e. The zero-order chi connectivity index (χ0) is 20.6. The lowest BCUT2D eigenvalue weighted by Crippen LogP contribution is -2.40. The minimum atomic E-state index is -3.56. The third-order valence-electron chi connectivity index (χ3n) is 5.18. The molecule has 0 unspecified atom stereocenters. The normalized spacial score (nSPS) is 15.7. The van der Waals surface area contributed by atoms with Crippen LogP contribution in [-0.2, 0) is 20.5 Å². The predicted molar refractivity (Wildman–Crippen MR) is 117 cm³/mol. The molecule has 0 saturated carbocycles. The van der Waals surface area contributed by atoms with Crippen LogP contribution < -0.4 is 0 Å². The standard InChI is InChI=1S/C22H20N2O4S2/c25-30(26,24-10-12-27-13-11-24)18-8-9-21-20(14-18)23-22(28-21)29-15-17-6-3-5-16-4-1-2-7-19(16)17/h1-9,14H,10-13,15H2. The van der Waals surface area contributed by atoms with Crippen LogP contribution >= 0.6 is 11.8 Å². The van der Waals surface area contributed by atoms with E-state index >= 15 is 0 Å². The molecule has 0 aliphatic carbocycles. The molecular weight excluding hydrogens is 420 g/mol. The van der Waals surface area contributed by atoms with E-state index < -0.39 is 10.0 Å². The number of thioether (sulfide) groups is 1. The van der Waals surface area contributed by atoms with Gasteiger partial charge in [-0.25, -0.2) is 13.4 Å². The Morgan fingerprint density at radius 1 is 1.00 bits per heavy atom. The number of aromatic nitrogens is 1. The first-order valence-electron chi connectivity index (χ1n) is 9.69. The van der Waals surface area contributed by atoms with Crippen LogP contribution in [0.1, 0.15) is 5.56 Å². The molecule has 8 heteroatoms. The van der Waals surface area contributed by atoms with E-state index in [4.69, 9.17) is 9.15 Å². The maximum atomic E-state index is 12.9. The van der Waals surface area contributed by atoms with Crippen molar-refractivity contribution < 1.29 is 17.6 Å². The molecule has 0 spiro atoms. The second-order valence-corrected chi connectivity index (χ2v) is 9.92. The molecule has 154 valence electrons. The van der Waals surface area contributed by atoms with Crippen LogP contribution in [0.3, 0.4) is 0 Å². The van der Waals surface area contributed by atoms with Crippen molar-refractivity contribution in [1.82, 2.24) is 9.29 Å². The average molecular weight is 441 g/mol. The summed E-state index contributed by atoms with van der Waals surface area (Å²) in [5.74, 6) is 0.715. The fourth-order valence-corrected chi connectivity index (χ4v) is 5.87. The van der Waals surface area contributed by atoms with E-state index in [1.165, 1.54) is 32.4 Å². The minimum Gasteiger partial charge on any atom is -0.431 e. The van der Waals surface area contributed by atoms with E-state index in [1.54, 1.807) is 18.2 Å². The fourth-order valence-electron chi connectivity index (χ4n) is 3.60. The number of hydrogen-bond donors (Lipinski definition) is 0. The molecule has 0 radical (unpaired) electrons. The first-order valence-corrected chi connectivity index (χ1v) is 12.1. The number of sulfonamides is 1. The van der Waals surface area contributed by atoms with Crippen LogP contribution in [0.2, 0.25) is 0 Å². The Hall–Kier alpha value is -2.39. The van der Waals surface area contributed by atoms with Gasteiger partial charge in [0.1, 0.15) is 5.52 Å². The third kappa shape index (κ3) is 3.72. The van der Waals surface area contributed by atoms with Crippen molar-refractivity contribution in [2.75, 3.05) is 26.3 Å². The molecule has 0 bridgehead atoms. The Balaban J connectivity index is 1.39. The van der Waals surface area contributed by atoms with Crippen LogP contribution in [0.4, 0.5) is 0 Å². The van der Waals surface area contributed by atoms with Gasteiger partial charge in [0.15, 0.2) is 5.58 Å². The average Bonchev–Trinajstić information content (AvgIpc) is 3.20. The fraction of sp³-hybridized carbons (Fsp3) is 0.227. The molecule has 5 rings (SSSR count). The van der Waals surface area contributed by atoms with Gasteiger partial charge in [-0.2, -0.15) is 4.31 Å². The van der Waals surface area contributed by atoms with Crippen molar-refractivity contribution in [3.05, 3.63) is 66.2 Å². The molecule has 3 aromatic carbocycles. The third-order valence-corrected chi connectivity index (χ3v) is 7.95. The van der Waals surface area contributed by atoms with Gasteiger partial charge < -0.3 is 9.15 Å². The topological polar surface area (TPSA) is 72.6 Å². The lowest BCUT2D eigenvalue weighted by Gasteiger charge is -2.25. The summed E-state index contributed by atoms with van der Waals surface area (Å²) in [5.41, 5.74) is 2.33. The highest BCUT2D eigenvalue weighted by Crippen LogP contribution is 2.30. The molecule has 0 amide bonds. The van der Waals surface area contributed by atoms with Gasteiger partial charge in [0.05, 0.1) is 18.1 Å². The highest BCUT2D eigenvalue weighted by molar-refractivity contribution is 7.98. The molecule has 1 aromatic heterocycles. The van der Waals surface area contributed by atoms with Crippen LogP contribution in [0.25, 0.3) is 21.9 Å². The summed E-state index contributed by atoms with van der Waals surface area (Å²) in [4.78, 5) is 4.75. The summed E-state index contributed by atoms with van der Waals surface area (Å²) in [6.45, 7) is 1.57. The first kappa shape index (κ1) is 19.6. The molecule has 6 nitrogen and oxygen atoms in total. The number of morpholine rings is 1. The van der Waals surface area contributed by atoms with Crippen LogP contribution in [0, 0.1) is 0 Å². The van der Waals surface area contributed by atoms with Crippen LogP contribution in [-0.4, -0.2) is 44.0 Å². The molecule has 4 aromatic rings. The smallest absolute Gasteiger partial charge is 0.257 e. The van der Waals surface area contributed by atoms with Gasteiger partial charge in [-0.05, 0) is 34.5 Å². The van der Waals surface area contributed by atoms with Gasteiger partial charge in [0, 0.05) is 18.8 Å². The zero-order valence-corrected chi connectivity index (χ0v) is 17.8. The molecule has 0 atom stereocenters. The van der Waals surface area contributed by atoms with Crippen molar-refractivity contribution >= 4 is 43.7 Å². The minimum absolute atomic E-state index is 0.232. The molecule has 1 aliphatic heterocycles. The first-order chi connectivity index (χ1) is 14.6.